The number of carbonyl (C=O) groups is 1. The van der Waals surface area contributed by atoms with E-state index in [0.29, 0.717) is 5.92 Å². The molecule has 0 fully saturated rings. The van der Waals surface area contributed by atoms with E-state index in [0.717, 1.165) is 13.0 Å². The Morgan fingerprint density at radius 3 is 1.81 bits per heavy atom. The third-order valence-corrected chi connectivity index (χ3v) is 2.62. The van der Waals surface area contributed by atoms with Crippen molar-refractivity contribution in [3.8, 4) is 0 Å². The van der Waals surface area contributed by atoms with Crippen molar-refractivity contribution in [3.05, 3.63) is 0 Å². The van der Waals surface area contributed by atoms with Crippen molar-refractivity contribution in [1.29, 1.82) is 0 Å². The van der Waals surface area contributed by atoms with Crippen LogP contribution < -0.4 is 0 Å². The molecular weight excluding hydrogens is 198 g/mol. The molecule has 0 saturated carbocycles. The van der Waals surface area contributed by atoms with Crippen molar-refractivity contribution >= 4 is 5.91 Å². The highest BCUT2D eigenvalue weighted by Crippen LogP contribution is 2.31. The Morgan fingerprint density at radius 2 is 1.56 bits per heavy atom. The zero-order chi connectivity index (χ0) is 13.1. The van der Waals surface area contributed by atoms with Crippen molar-refractivity contribution in [2.45, 2.75) is 67.3 Å². The molecule has 2 heteroatoms. The number of carbonyl (C=O) groups excluding carboxylic acids is 1. The lowest BCUT2D eigenvalue weighted by atomic mass is 9.80. The van der Waals surface area contributed by atoms with Crippen LogP contribution in [0.1, 0.15) is 61.8 Å². The van der Waals surface area contributed by atoms with Crippen LogP contribution >= 0.6 is 0 Å². The molecule has 0 rings (SSSR count). The first kappa shape index (κ1) is 15.5. The highest BCUT2D eigenvalue weighted by Gasteiger charge is 2.33. The summed E-state index contributed by atoms with van der Waals surface area (Å²) in [5.41, 5.74) is 0.183. The van der Waals surface area contributed by atoms with E-state index in [4.69, 9.17) is 0 Å². The molecule has 0 spiro atoms. The van der Waals surface area contributed by atoms with Crippen molar-refractivity contribution in [1.82, 2.24) is 4.90 Å². The fraction of sp³-hybridized carbons (Fsp3) is 0.929. The zero-order valence-corrected chi connectivity index (χ0v) is 12.3. The molecule has 0 atom stereocenters. The van der Waals surface area contributed by atoms with E-state index in [1.807, 2.05) is 4.90 Å². The standard InChI is InChI=1S/C14H29NO/c1-11(2)9-15(12(3)16)14(7,8)10-13(4,5)6/h11H,9-10H2,1-8H3. The summed E-state index contributed by atoms with van der Waals surface area (Å²) in [6.07, 6.45) is 1.02. The normalized spacial score (nSPS) is 13.1. The lowest BCUT2D eigenvalue weighted by Gasteiger charge is -2.43. The molecule has 0 N–H and O–H groups in total. The van der Waals surface area contributed by atoms with E-state index >= 15 is 0 Å². The molecule has 0 saturated heterocycles. The topological polar surface area (TPSA) is 20.3 Å². The van der Waals surface area contributed by atoms with Gasteiger partial charge in [0.25, 0.3) is 0 Å². The van der Waals surface area contributed by atoms with Crippen LogP contribution in [0.3, 0.4) is 0 Å². The Labute approximate surface area is 101 Å². The van der Waals surface area contributed by atoms with E-state index in [1.165, 1.54) is 0 Å². The van der Waals surface area contributed by atoms with E-state index in [2.05, 4.69) is 48.5 Å². The molecule has 0 radical (unpaired) electrons. The summed E-state index contributed by atoms with van der Waals surface area (Å²) in [6.45, 7) is 17.8. The maximum atomic E-state index is 11.7. The lowest BCUT2D eigenvalue weighted by Crippen LogP contribution is -2.50. The molecule has 1 amide bonds. The summed E-state index contributed by atoms with van der Waals surface area (Å²) < 4.78 is 0. The molecule has 0 bridgehead atoms. The van der Waals surface area contributed by atoms with Crippen molar-refractivity contribution in [2.75, 3.05) is 6.54 Å². The Hall–Kier alpha value is -0.530. The van der Waals surface area contributed by atoms with Crippen LogP contribution in [-0.4, -0.2) is 22.9 Å². The van der Waals surface area contributed by atoms with Gasteiger partial charge in [-0.1, -0.05) is 34.6 Å². The summed E-state index contributed by atoms with van der Waals surface area (Å²) in [4.78, 5) is 13.8. The second-order valence-electron chi connectivity index (χ2n) is 7.07. The summed E-state index contributed by atoms with van der Waals surface area (Å²) in [5, 5.41) is 0. The van der Waals surface area contributed by atoms with Gasteiger partial charge >= 0.3 is 0 Å². The second kappa shape index (κ2) is 5.20. The van der Waals surface area contributed by atoms with Crippen molar-refractivity contribution in [3.63, 3.8) is 0 Å². The van der Waals surface area contributed by atoms with Crippen LogP contribution in [0.4, 0.5) is 0 Å². The third kappa shape index (κ3) is 5.53. The molecule has 0 aliphatic heterocycles. The highest BCUT2D eigenvalue weighted by molar-refractivity contribution is 5.74. The molecule has 0 aliphatic rings. The van der Waals surface area contributed by atoms with Gasteiger partial charge in [0.1, 0.15) is 0 Å². The van der Waals surface area contributed by atoms with E-state index in [-0.39, 0.29) is 16.9 Å². The molecule has 96 valence electrons. The minimum atomic E-state index is -0.0612. The average Bonchev–Trinajstić information content (AvgIpc) is 1.93. The Morgan fingerprint density at radius 1 is 1.12 bits per heavy atom. The fourth-order valence-corrected chi connectivity index (χ4v) is 2.56. The first-order chi connectivity index (χ1) is 6.96. The molecule has 2 nitrogen and oxygen atoms in total. The predicted octanol–water partition coefficient (Wildman–Crippen LogP) is 3.71. The number of amides is 1. The molecule has 0 heterocycles. The van der Waals surface area contributed by atoms with Crippen LogP contribution in [-0.2, 0) is 4.79 Å². The van der Waals surface area contributed by atoms with Gasteiger partial charge in [-0.3, -0.25) is 4.79 Å². The quantitative estimate of drug-likeness (QED) is 0.717. The number of hydrogen-bond acceptors (Lipinski definition) is 1. The summed E-state index contributed by atoms with van der Waals surface area (Å²) in [6, 6.07) is 0. The number of nitrogens with zero attached hydrogens (tertiary/aromatic N) is 1. The molecule has 0 unspecified atom stereocenters. The number of hydrogen-bond donors (Lipinski definition) is 0. The molecule has 0 aromatic carbocycles. The first-order valence-corrected chi connectivity index (χ1v) is 6.24. The van der Waals surface area contributed by atoms with Gasteiger partial charge in [0.05, 0.1) is 0 Å². The van der Waals surface area contributed by atoms with E-state index in [9.17, 15) is 4.79 Å². The van der Waals surface area contributed by atoms with Gasteiger partial charge < -0.3 is 4.90 Å². The van der Waals surface area contributed by atoms with Crippen LogP contribution in [0.2, 0.25) is 0 Å². The zero-order valence-electron chi connectivity index (χ0n) is 12.3. The van der Waals surface area contributed by atoms with Gasteiger partial charge in [-0.15, -0.1) is 0 Å². The molecule has 0 aliphatic carbocycles. The lowest BCUT2D eigenvalue weighted by molar-refractivity contribution is -0.135. The third-order valence-electron chi connectivity index (χ3n) is 2.62. The smallest absolute Gasteiger partial charge is 0.219 e. The summed E-state index contributed by atoms with van der Waals surface area (Å²) >= 11 is 0. The van der Waals surface area contributed by atoms with Gasteiger partial charge in [0, 0.05) is 19.0 Å². The summed E-state index contributed by atoms with van der Waals surface area (Å²) in [7, 11) is 0. The second-order valence-corrected chi connectivity index (χ2v) is 7.07. The van der Waals surface area contributed by atoms with E-state index in [1.54, 1.807) is 6.92 Å². The van der Waals surface area contributed by atoms with Gasteiger partial charge in [0.2, 0.25) is 5.91 Å². The van der Waals surface area contributed by atoms with Crippen LogP contribution in [0.5, 0.6) is 0 Å². The van der Waals surface area contributed by atoms with Gasteiger partial charge in [-0.05, 0) is 31.6 Å². The van der Waals surface area contributed by atoms with Gasteiger partial charge in [0.15, 0.2) is 0 Å². The highest BCUT2D eigenvalue weighted by atomic mass is 16.2. The molecule has 0 aromatic heterocycles. The Kier molecular flexibility index (Phi) is 5.03. The average molecular weight is 227 g/mol. The fourth-order valence-electron chi connectivity index (χ4n) is 2.56. The van der Waals surface area contributed by atoms with E-state index < -0.39 is 0 Å². The number of rotatable bonds is 4. The van der Waals surface area contributed by atoms with Crippen LogP contribution in [0.25, 0.3) is 0 Å². The van der Waals surface area contributed by atoms with Crippen molar-refractivity contribution in [2.24, 2.45) is 11.3 Å². The minimum Gasteiger partial charge on any atom is -0.338 e. The molecule has 0 aromatic rings. The summed E-state index contributed by atoms with van der Waals surface area (Å²) in [5.74, 6) is 0.700. The molecule has 16 heavy (non-hydrogen) atoms. The first-order valence-electron chi connectivity index (χ1n) is 6.24. The minimum absolute atomic E-state index is 0.0612. The van der Waals surface area contributed by atoms with Crippen LogP contribution in [0.15, 0.2) is 0 Å². The van der Waals surface area contributed by atoms with Gasteiger partial charge in [-0.2, -0.15) is 0 Å². The Bertz CT molecular complexity index is 236. The monoisotopic (exact) mass is 227 g/mol. The van der Waals surface area contributed by atoms with Gasteiger partial charge in [-0.25, -0.2) is 0 Å². The predicted molar refractivity (Wildman–Crippen MR) is 70.4 cm³/mol. The van der Waals surface area contributed by atoms with Crippen molar-refractivity contribution < 1.29 is 4.79 Å². The Balaban J connectivity index is 4.82. The molecular formula is C14H29NO. The maximum absolute atomic E-state index is 11.7. The maximum Gasteiger partial charge on any atom is 0.219 e. The largest absolute Gasteiger partial charge is 0.338 e. The van der Waals surface area contributed by atoms with Crippen LogP contribution in [0, 0.1) is 11.3 Å². The SMILES string of the molecule is CC(=O)N(CC(C)C)C(C)(C)CC(C)(C)C.